The summed E-state index contributed by atoms with van der Waals surface area (Å²) in [6.07, 6.45) is 0. The maximum absolute atomic E-state index is 6.00. The third kappa shape index (κ3) is 5.75. The van der Waals surface area contributed by atoms with Crippen molar-refractivity contribution in [1.82, 2.24) is 0 Å². The van der Waals surface area contributed by atoms with Crippen LogP contribution < -0.4 is 29.6 Å². The molecule has 0 heterocycles. The van der Waals surface area contributed by atoms with E-state index in [0.717, 1.165) is 0 Å². The molecule has 1 aromatic carbocycles. The molecular formula is C9H14NaO2+. The van der Waals surface area contributed by atoms with E-state index in [4.69, 9.17) is 10.5 Å². The average Bonchev–Trinajstić information content (AvgIpc) is 2.10. The molecule has 0 amide bonds. The summed E-state index contributed by atoms with van der Waals surface area (Å²) in [7, 11) is 0. The van der Waals surface area contributed by atoms with Gasteiger partial charge in [-0.05, 0) is 11.5 Å². The van der Waals surface area contributed by atoms with Crippen LogP contribution in [-0.2, 0) is 0 Å². The molecule has 0 saturated heterocycles. The molecule has 1 rings (SSSR count). The van der Waals surface area contributed by atoms with Crippen molar-refractivity contribution in [2.24, 2.45) is 0 Å². The van der Waals surface area contributed by atoms with E-state index in [-0.39, 0.29) is 29.6 Å². The molecule has 0 aliphatic carbocycles. The van der Waals surface area contributed by atoms with Crippen LogP contribution in [0.25, 0.3) is 0 Å². The van der Waals surface area contributed by atoms with Gasteiger partial charge in [0.25, 0.3) is 0 Å². The van der Waals surface area contributed by atoms with Crippen molar-refractivity contribution in [3.63, 3.8) is 0 Å². The Balaban J connectivity index is 0. The first-order chi connectivity index (χ1) is 5.30. The molecule has 0 bridgehead atoms. The molecule has 0 aromatic heterocycles. The van der Waals surface area contributed by atoms with E-state index in [0.29, 0.717) is 5.92 Å². The second-order valence-corrected chi connectivity index (χ2v) is 2.57. The van der Waals surface area contributed by atoms with E-state index in [9.17, 15) is 0 Å². The summed E-state index contributed by atoms with van der Waals surface area (Å²) in [6.45, 7) is 4.41. The maximum Gasteiger partial charge on any atom is 1.00 e. The van der Waals surface area contributed by atoms with Gasteiger partial charge >= 0.3 is 29.6 Å². The third-order valence-corrected chi connectivity index (χ3v) is 1.47. The van der Waals surface area contributed by atoms with Crippen LogP contribution >= 0.6 is 0 Å². The fraction of sp³-hybridized carbons (Fsp3) is 0.333. The van der Waals surface area contributed by atoms with Crippen LogP contribution in [0.15, 0.2) is 30.3 Å². The van der Waals surface area contributed by atoms with Gasteiger partial charge in [-0.25, -0.2) is 0 Å². The van der Waals surface area contributed by atoms with Crippen molar-refractivity contribution in [1.29, 1.82) is 0 Å². The van der Waals surface area contributed by atoms with Crippen LogP contribution in [0, 0.1) is 0 Å². The molecule has 0 fully saturated rings. The van der Waals surface area contributed by atoms with Crippen molar-refractivity contribution in [2.45, 2.75) is 19.8 Å². The molecule has 3 heteroatoms. The zero-order valence-corrected chi connectivity index (χ0v) is 9.86. The Labute approximate surface area is 95.5 Å². The quantitative estimate of drug-likeness (QED) is 0.355. The Morgan fingerprint density at radius 3 is 1.67 bits per heavy atom. The minimum absolute atomic E-state index is 0. The Morgan fingerprint density at radius 1 is 1.00 bits per heavy atom. The summed E-state index contributed by atoms with van der Waals surface area (Å²) in [5, 5.41) is 12.0. The molecule has 0 saturated carbocycles. The Kier molecular flexibility index (Phi) is 11.3. The van der Waals surface area contributed by atoms with Crippen LogP contribution in [-0.4, -0.2) is 10.5 Å². The monoisotopic (exact) mass is 177 g/mol. The van der Waals surface area contributed by atoms with Crippen LogP contribution in [0.3, 0.4) is 0 Å². The third-order valence-electron chi connectivity index (χ3n) is 1.47. The Bertz CT molecular complexity index is 175. The summed E-state index contributed by atoms with van der Waals surface area (Å²) < 4.78 is 0. The molecule has 0 atom stereocenters. The van der Waals surface area contributed by atoms with Gasteiger partial charge in [-0.1, -0.05) is 44.2 Å². The molecule has 2 N–H and O–H groups in total. The smallest absolute Gasteiger partial charge is 0.255 e. The zero-order chi connectivity index (χ0) is 8.69. The van der Waals surface area contributed by atoms with Crippen molar-refractivity contribution in [3.05, 3.63) is 35.9 Å². The molecule has 0 radical (unpaired) electrons. The SMILES string of the molecule is CC(C)c1ccccc1.OO.[Na+]. The molecule has 62 valence electrons. The number of rotatable bonds is 1. The van der Waals surface area contributed by atoms with Crippen molar-refractivity contribution < 1.29 is 40.1 Å². The molecule has 0 spiro atoms. The molecule has 2 nitrogen and oxygen atoms in total. The van der Waals surface area contributed by atoms with Gasteiger partial charge in [0, 0.05) is 0 Å². The second-order valence-electron chi connectivity index (χ2n) is 2.57. The zero-order valence-electron chi connectivity index (χ0n) is 7.86. The Hall–Kier alpha value is 0.140. The molecule has 0 aliphatic heterocycles. The van der Waals surface area contributed by atoms with Gasteiger partial charge in [0.1, 0.15) is 0 Å². The Morgan fingerprint density at radius 2 is 1.42 bits per heavy atom. The van der Waals surface area contributed by atoms with Gasteiger partial charge in [0.15, 0.2) is 0 Å². The van der Waals surface area contributed by atoms with Crippen LogP contribution in [0.1, 0.15) is 25.3 Å². The van der Waals surface area contributed by atoms with Crippen molar-refractivity contribution in [3.8, 4) is 0 Å². The molecule has 0 unspecified atom stereocenters. The predicted octanol–water partition coefficient (Wildman–Crippen LogP) is -0.169. The fourth-order valence-corrected chi connectivity index (χ4v) is 0.838. The maximum atomic E-state index is 6.00. The average molecular weight is 177 g/mol. The largest absolute Gasteiger partial charge is 1.00 e. The summed E-state index contributed by atoms with van der Waals surface area (Å²) >= 11 is 0. The van der Waals surface area contributed by atoms with Gasteiger partial charge in [-0.2, -0.15) is 0 Å². The summed E-state index contributed by atoms with van der Waals surface area (Å²) in [4.78, 5) is 0. The second kappa shape index (κ2) is 9.23. The standard InChI is InChI=1S/C9H12.Na.H2O2/c1-8(2)9-6-4-3-5-7-9;;1-2/h3-8H,1-2H3;;1-2H/q;+1;. The van der Waals surface area contributed by atoms with E-state index >= 15 is 0 Å². The topological polar surface area (TPSA) is 40.5 Å². The van der Waals surface area contributed by atoms with E-state index in [2.05, 4.69) is 38.1 Å². The molecule has 0 aliphatic rings. The van der Waals surface area contributed by atoms with Gasteiger partial charge in [0.2, 0.25) is 0 Å². The molecule has 12 heavy (non-hydrogen) atoms. The van der Waals surface area contributed by atoms with E-state index in [1.54, 1.807) is 0 Å². The minimum Gasteiger partial charge on any atom is -0.255 e. The summed E-state index contributed by atoms with van der Waals surface area (Å²) in [5.41, 5.74) is 1.41. The first-order valence-corrected chi connectivity index (χ1v) is 3.55. The van der Waals surface area contributed by atoms with Gasteiger partial charge in [0.05, 0.1) is 0 Å². The normalized spacial score (nSPS) is 8.08. The number of benzene rings is 1. The van der Waals surface area contributed by atoms with Crippen LogP contribution in [0.2, 0.25) is 0 Å². The van der Waals surface area contributed by atoms with Crippen molar-refractivity contribution >= 4 is 0 Å². The molecule has 1 aromatic rings. The van der Waals surface area contributed by atoms with Crippen LogP contribution in [0.5, 0.6) is 0 Å². The number of hydrogen-bond acceptors (Lipinski definition) is 2. The molecular weight excluding hydrogens is 163 g/mol. The van der Waals surface area contributed by atoms with E-state index < -0.39 is 0 Å². The van der Waals surface area contributed by atoms with Crippen LogP contribution in [0.4, 0.5) is 0 Å². The van der Waals surface area contributed by atoms with Gasteiger partial charge < -0.3 is 0 Å². The summed E-state index contributed by atoms with van der Waals surface area (Å²) in [6, 6.07) is 10.5. The van der Waals surface area contributed by atoms with Gasteiger partial charge in [-0.15, -0.1) is 0 Å². The minimum atomic E-state index is 0. The fourth-order valence-electron chi connectivity index (χ4n) is 0.838. The summed E-state index contributed by atoms with van der Waals surface area (Å²) in [5.74, 6) is 0.659. The first-order valence-electron chi connectivity index (χ1n) is 3.55. The number of hydrogen-bond donors (Lipinski definition) is 2. The van der Waals surface area contributed by atoms with E-state index in [1.807, 2.05) is 6.07 Å². The van der Waals surface area contributed by atoms with E-state index in [1.165, 1.54) is 5.56 Å². The predicted molar refractivity (Wildman–Crippen MR) is 45.8 cm³/mol. The first kappa shape index (κ1) is 14.7. The van der Waals surface area contributed by atoms with Crippen molar-refractivity contribution in [2.75, 3.05) is 0 Å². The van der Waals surface area contributed by atoms with Gasteiger partial charge in [-0.3, -0.25) is 10.5 Å².